The number of terminal acetylenes is 1. The second-order valence-electron chi connectivity index (χ2n) is 2.80. The van der Waals surface area contributed by atoms with Gasteiger partial charge in [0.25, 0.3) is 0 Å². The molecule has 0 unspecified atom stereocenters. The average Bonchev–Trinajstić information content (AvgIpc) is 2.30. The van der Waals surface area contributed by atoms with Crippen molar-refractivity contribution in [3.63, 3.8) is 0 Å². The first-order chi connectivity index (χ1) is 5.34. The van der Waals surface area contributed by atoms with Gasteiger partial charge in [0, 0.05) is 5.57 Å². The van der Waals surface area contributed by atoms with Crippen molar-refractivity contribution in [2.75, 3.05) is 0 Å². The highest BCUT2D eigenvalue weighted by atomic mass is 16.1. The Morgan fingerprint density at radius 2 is 2.27 bits per heavy atom. The third-order valence-electron chi connectivity index (χ3n) is 1.96. The van der Waals surface area contributed by atoms with E-state index in [0.717, 1.165) is 24.8 Å². The lowest BCUT2D eigenvalue weighted by Gasteiger charge is -1.95. The minimum Gasteiger partial charge on any atom is -0.280 e. The number of allylic oxidation sites excluding steroid dienone is 2. The largest absolute Gasteiger partial charge is 0.280 e. The van der Waals surface area contributed by atoms with Gasteiger partial charge in [-0.3, -0.25) is 4.79 Å². The normalized spacial score (nSPS) is 17.9. The Morgan fingerprint density at radius 3 is 3.00 bits per heavy atom. The molecule has 1 rings (SSSR count). The molecule has 0 heterocycles. The summed E-state index contributed by atoms with van der Waals surface area (Å²) >= 11 is 0. The summed E-state index contributed by atoms with van der Waals surface area (Å²) < 4.78 is 0. The third kappa shape index (κ3) is 2.23. The molecular weight excluding hydrogens is 136 g/mol. The van der Waals surface area contributed by atoms with E-state index in [0.29, 0.717) is 0 Å². The van der Waals surface area contributed by atoms with Crippen molar-refractivity contribution in [1.82, 2.24) is 0 Å². The van der Waals surface area contributed by atoms with Gasteiger partial charge in [-0.2, -0.15) is 0 Å². The fraction of sp³-hybridized carbons (Fsp3) is 0.500. The Labute approximate surface area is 67.5 Å². The van der Waals surface area contributed by atoms with Crippen molar-refractivity contribution in [2.24, 2.45) is 0 Å². The predicted octanol–water partition coefficient (Wildman–Crippen LogP) is 2.08. The Morgan fingerprint density at radius 1 is 1.45 bits per heavy atom. The lowest BCUT2D eigenvalue weighted by Crippen LogP contribution is -1.97. The van der Waals surface area contributed by atoms with Gasteiger partial charge in [0.05, 0.1) is 0 Å². The van der Waals surface area contributed by atoms with Crippen molar-refractivity contribution in [3.8, 4) is 12.3 Å². The molecular formula is C10H12O. The van der Waals surface area contributed by atoms with Crippen molar-refractivity contribution in [1.29, 1.82) is 0 Å². The predicted molar refractivity (Wildman–Crippen MR) is 45.0 cm³/mol. The summed E-state index contributed by atoms with van der Waals surface area (Å²) in [5.41, 5.74) is 0.852. The second-order valence-corrected chi connectivity index (χ2v) is 2.80. The lowest BCUT2D eigenvalue weighted by atomic mass is 10.1. The van der Waals surface area contributed by atoms with Crippen LogP contribution in [0, 0.1) is 12.3 Å². The van der Waals surface area contributed by atoms with E-state index in [1.807, 2.05) is 6.08 Å². The van der Waals surface area contributed by atoms with Crippen LogP contribution >= 0.6 is 0 Å². The number of Topliss-reactive ketones (excluding diaryl/α,β-unsaturated/α-hetero) is 1. The van der Waals surface area contributed by atoms with E-state index in [4.69, 9.17) is 6.42 Å². The monoisotopic (exact) mass is 148 g/mol. The van der Waals surface area contributed by atoms with E-state index >= 15 is 0 Å². The topological polar surface area (TPSA) is 17.1 Å². The molecule has 1 nitrogen and oxygen atoms in total. The van der Waals surface area contributed by atoms with Gasteiger partial charge >= 0.3 is 0 Å². The summed E-state index contributed by atoms with van der Waals surface area (Å²) in [6.07, 6.45) is 12.4. The smallest absolute Gasteiger partial charge is 0.231 e. The average molecular weight is 148 g/mol. The Balaban J connectivity index is 2.62. The molecule has 0 bridgehead atoms. The first-order valence-corrected chi connectivity index (χ1v) is 4.04. The molecule has 1 aliphatic rings. The van der Waals surface area contributed by atoms with Crippen molar-refractivity contribution in [2.45, 2.75) is 32.1 Å². The zero-order chi connectivity index (χ0) is 8.10. The summed E-state index contributed by atoms with van der Waals surface area (Å²) in [5.74, 6) is 2.04. The summed E-state index contributed by atoms with van der Waals surface area (Å²) in [5, 5.41) is 0. The van der Waals surface area contributed by atoms with E-state index in [1.54, 1.807) is 0 Å². The van der Waals surface area contributed by atoms with Gasteiger partial charge in [0.1, 0.15) is 0 Å². The highest BCUT2D eigenvalue weighted by Gasteiger charge is 2.07. The molecule has 0 aromatic heterocycles. The minimum atomic E-state index is -0.119. The maximum atomic E-state index is 11.0. The van der Waals surface area contributed by atoms with Gasteiger partial charge in [-0.25, -0.2) is 0 Å². The van der Waals surface area contributed by atoms with Gasteiger partial charge in [0.15, 0.2) is 0 Å². The fourth-order valence-corrected chi connectivity index (χ4v) is 1.31. The van der Waals surface area contributed by atoms with Crippen LogP contribution in [0.2, 0.25) is 0 Å². The van der Waals surface area contributed by atoms with E-state index < -0.39 is 0 Å². The molecule has 0 saturated heterocycles. The van der Waals surface area contributed by atoms with E-state index in [1.165, 1.54) is 12.8 Å². The Kier molecular flexibility index (Phi) is 2.92. The highest BCUT2D eigenvalue weighted by molar-refractivity contribution is 6.08. The fourth-order valence-electron chi connectivity index (χ4n) is 1.31. The number of hydrogen-bond acceptors (Lipinski definition) is 1. The van der Waals surface area contributed by atoms with Gasteiger partial charge in [-0.05, 0) is 31.6 Å². The number of rotatable bonds is 1. The van der Waals surface area contributed by atoms with Crippen LogP contribution in [-0.4, -0.2) is 5.78 Å². The summed E-state index contributed by atoms with van der Waals surface area (Å²) in [4.78, 5) is 11.0. The minimum absolute atomic E-state index is 0.119. The molecule has 58 valence electrons. The van der Waals surface area contributed by atoms with Crippen molar-refractivity contribution < 1.29 is 4.79 Å². The molecule has 0 aromatic rings. The van der Waals surface area contributed by atoms with Gasteiger partial charge < -0.3 is 0 Å². The molecule has 0 radical (unpaired) electrons. The summed E-state index contributed by atoms with van der Waals surface area (Å²) in [7, 11) is 0. The van der Waals surface area contributed by atoms with Gasteiger partial charge in [0.2, 0.25) is 5.78 Å². The molecule has 0 amide bonds. The van der Waals surface area contributed by atoms with Crippen LogP contribution in [0.1, 0.15) is 32.1 Å². The third-order valence-corrected chi connectivity index (χ3v) is 1.96. The Hall–Kier alpha value is -1.03. The van der Waals surface area contributed by atoms with Crippen LogP contribution in [0.3, 0.4) is 0 Å². The number of carbonyl (C=O) groups excluding carboxylic acids is 1. The number of carbonyl (C=O) groups is 1. The number of hydrogen-bond donors (Lipinski definition) is 0. The molecule has 11 heavy (non-hydrogen) atoms. The lowest BCUT2D eigenvalue weighted by molar-refractivity contribution is -0.110. The molecule has 0 fully saturated rings. The molecule has 0 aliphatic heterocycles. The van der Waals surface area contributed by atoms with Crippen LogP contribution in [0.5, 0.6) is 0 Å². The van der Waals surface area contributed by atoms with E-state index in [9.17, 15) is 4.79 Å². The molecule has 0 saturated carbocycles. The Bertz CT molecular complexity index is 218. The van der Waals surface area contributed by atoms with Crippen LogP contribution in [0.4, 0.5) is 0 Å². The van der Waals surface area contributed by atoms with Gasteiger partial charge in [-0.15, -0.1) is 6.42 Å². The summed E-state index contributed by atoms with van der Waals surface area (Å²) in [6.45, 7) is 0. The molecule has 1 heteroatoms. The standard InChI is InChI=1S/C10H12O/c1-2-10(11)9-7-5-3-4-6-8-9/h1,7H,3-6,8H2. The molecule has 0 N–H and O–H groups in total. The van der Waals surface area contributed by atoms with Crippen LogP contribution in [0.25, 0.3) is 0 Å². The maximum Gasteiger partial charge on any atom is 0.231 e. The first-order valence-electron chi connectivity index (χ1n) is 4.04. The molecule has 0 spiro atoms. The van der Waals surface area contributed by atoms with E-state index in [-0.39, 0.29) is 5.78 Å². The highest BCUT2D eigenvalue weighted by Crippen LogP contribution is 2.17. The molecule has 0 aromatic carbocycles. The van der Waals surface area contributed by atoms with Crippen molar-refractivity contribution in [3.05, 3.63) is 11.6 Å². The summed E-state index contributed by atoms with van der Waals surface area (Å²) in [6, 6.07) is 0. The number of ketones is 1. The van der Waals surface area contributed by atoms with Crippen LogP contribution < -0.4 is 0 Å². The first kappa shape index (κ1) is 8.07. The van der Waals surface area contributed by atoms with Crippen LogP contribution in [-0.2, 0) is 4.79 Å². The SMILES string of the molecule is C#CC(=O)C1=CCCCCC1. The van der Waals surface area contributed by atoms with E-state index in [2.05, 4.69) is 5.92 Å². The maximum absolute atomic E-state index is 11.0. The quantitative estimate of drug-likeness (QED) is 0.411. The zero-order valence-electron chi connectivity index (χ0n) is 6.60. The van der Waals surface area contributed by atoms with Crippen molar-refractivity contribution >= 4 is 5.78 Å². The van der Waals surface area contributed by atoms with Crippen LogP contribution in [0.15, 0.2) is 11.6 Å². The van der Waals surface area contributed by atoms with Gasteiger partial charge in [-0.1, -0.05) is 12.5 Å². The zero-order valence-corrected chi connectivity index (χ0v) is 6.60. The molecule has 0 atom stereocenters. The second kappa shape index (κ2) is 3.98. The molecule has 1 aliphatic carbocycles.